The fourth-order valence-electron chi connectivity index (χ4n) is 6.33. The van der Waals surface area contributed by atoms with E-state index in [0.29, 0.717) is 0 Å². The fourth-order valence-corrected chi connectivity index (χ4v) is 11.9. The molecule has 0 saturated carbocycles. The molecule has 0 saturated heterocycles. The predicted molar refractivity (Wildman–Crippen MR) is 172 cm³/mol. The molecule has 0 amide bonds. The SMILES string of the molecule is CN(C)CC1CCSc2ccccc2C1(O)c1cccc(O[Si](c2ccccc2)(c2ccccc2)C(C)(C)C)c1. The number of hydrogen-bond donors (Lipinski definition) is 1. The lowest BCUT2D eigenvalue weighted by molar-refractivity contribution is 0.00255. The number of benzene rings is 4. The van der Waals surface area contributed by atoms with Crippen LogP contribution in [-0.2, 0) is 5.60 Å². The van der Waals surface area contributed by atoms with Crippen LogP contribution in [0, 0.1) is 5.92 Å². The number of thioether (sulfide) groups is 1. The normalized spacial score (nSPS) is 19.6. The van der Waals surface area contributed by atoms with Crippen LogP contribution in [0.25, 0.3) is 0 Å². The summed E-state index contributed by atoms with van der Waals surface area (Å²) < 4.78 is 7.36. The minimum Gasteiger partial charge on any atom is -0.534 e. The summed E-state index contributed by atoms with van der Waals surface area (Å²) in [5, 5.41) is 15.1. The highest BCUT2D eigenvalue weighted by Crippen LogP contribution is 2.47. The van der Waals surface area contributed by atoms with Gasteiger partial charge in [0.05, 0.1) is 0 Å². The van der Waals surface area contributed by atoms with Crippen molar-refractivity contribution in [3.8, 4) is 5.75 Å². The minimum absolute atomic E-state index is 0.0433. The summed E-state index contributed by atoms with van der Waals surface area (Å²) in [6.07, 6.45) is 0.924. The van der Waals surface area contributed by atoms with Crippen molar-refractivity contribution < 1.29 is 9.53 Å². The van der Waals surface area contributed by atoms with Crippen LogP contribution in [0.4, 0.5) is 0 Å². The summed E-state index contributed by atoms with van der Waals surface area (Å²) in [5.41, 5.74) is 0.756. The van der Waals surface area contributed by atoms with Crippen molar-refractivity contribution in [1.82, 2.24) is 4.90 Å². The molecule has 0 aliphatic carbocycles. The molecule has 5 heteroatoms. The molecule has 208 valence electrons. The number of aliphatic hydroxyl groups is 1. The van der Waals surface area contributed by atoms with Crippen molar-refractivity contribution >= 4 is 30.5 Å². The van der Waals surface area contributed by atoms with E-state index >= 15 is 0 Å². The quantitative estimate of drug-likeness (QED) is 0.257. The Morgan fingerprint density at radius 2 is 1.45 bits per heavy atom. The highest BCUT2D eigenvalue weighted by atomic mass is 32.2. The van der Waals surface area contributed by atoms with Crippen molar-refractivity contribution in [2.24, 2.45) is 5.92 Å². The van der Waals surface area contributed by atoms with Crippen LogP contribution in [-0.4, -0.2) is 44.7 Å². The first kappa shape index (κ1) is 28.7. The van der Waals surface area contributed by atoms with Gasteiger partial charge in [-0.25, -0.2) is 0 Å². The summed E-state index contributed by atoms with van der Waals surface area (Å²) in [7, 11) is 1.37. The maximum atomic E-state index is 12.8. The molecule has 2 unspecified atom stereocenters. The Balaban J connectivity index is 1.68. The van der Waals surface area contributed by atoms with Crippen LogP contribution in [0.1, 0.15) is 38.3 Å². The topological polar surface area (TPSA) is 32.7 Å². The van der Waals surface area contributed by atoms with Gasteiger partial charge in [0.15, 0.2) is 0 Å². The number of hydrogen-bond acceptors (Lipinski definition) is 4. The highest BCUT2D eigenvalue weighted by Gasteiger charge is 2.52. The molecular formula is C35H41NO2SSi. The van der Waals surface area contributed by atoms with Crippen molar-refractivity contribution in [2.75, 3.05) is 26.4 Å². The summed E-state index contributed by atoms with van der Waals surface area (Å²) in [6.45, 7) is 7.68. The molecule has 1 heterocycles. The second-order valence-electron chi connectivity index (χ2n) is 12.2. The zero-order valence-electron chi connectivity index (χ0n) is 24.3. The first-order chi connectivity index (χ1) is 19.2. The van der Waals surface area contributed by atoms with E-state index in [1.54, 1.807) is 0 Å². The standard InChI is InChI=1S/C35H41NO2SSi/c1-34(2,3)40(30-17-8-6-9-18-30,31-19-10-7-11-20-31)38-29-16-14-15-27(25-29)35(37)28(26-36(4)5)23-24-39-33-22-13-12-21-32(33)35/h6-22,25,28,37H,23-24,26H2,1-5H3. The van der Waals surface area contributed by atoms with Crippen LogP contribution in [0.5, 0.6) is 5.75 Å². The summed E-state index contributed by atoms with van der Waals surface area (Å²) in [5.74, 6) is 1.83. The third-order valence-electron chi connectivity index (χ3n) is 8.16. The average molecular weight is 568 g/mol. The second-order valence-corrected chi connectivity index (χ2v) is 17.5. The number of rotatable bonds is 7. The molecule has 1 aliphatic heterocycles. The Bertz CT molecular complexity index is 1380. The Labute approximate surface area is 245 Å². The number of fused-ring (bicyclic) bond motifs is 1. The molecule has 40 heavy (non-hydrogen) atoms. The molecule has 4 aromatic rings. The molecule has 0 spiro atoms. The van der Waals surface area contributed by atoms with Crippen LogP contribution >= 0.6 is 11.8 Å². The van der Waals surface area contributed by atoms with E-state index in [2.05, 4.69) is 137 Å². The molecule has 5 rings (SSSR count). The van der Waals surface area contributed by atoms with Gasteiger partial charge in [-0.05, 0) is 65.4 Å². The molecule has 4 aromatic carbocycles. The van der Waals surface area contributed by atoms with Crippen LogP contribution in [0.15, 0.2) is 114 Å². The monoisotopic (exact) mass is 567 g/mol. The van der Waals surface area contributed by atoms with Gasteiger partial charge in [0.25, 0.3) is 0 Å². The van der Waals surface area contributed by atoms with E-state index in [1.807, 2.05) is 23.9 Å². The van der Waals surface area contributed by atoms with Gasteiger partial charge >= 0.3 is 8.32 Å². The molecular weight excluding hydrogens is 527 g/mol. The summed E-state index contributed by atoms with van der Waals surface area (Å²) in [6, 6.07) is 38.1. The zero-order chi connectivity index (χ0) is 28.4. The first-order valence-corrected chi connectivity index (χ1v) is 17.1. The van der Waals surface area contributed by atoms with E-state index in [9.17, 15) is 5.11 Å². The second kappa shape index (κ2) is 11.6. The fraction of sp³-hybridized carbons (Fsp3) is 0.314. The average Bonchev–Trinajstić information content (AvgIpc) is 3.09. The minimum atomic E-state index is -2.81. The van der Waals surface area contributed by atoms with Gasteiger partial charge in [-0.3, -0.25) is 0 Å². The number of nitrogens with zero attached hydrogens (tertiary/aromatic N) is 1. The Morgan fingerprint density at radius 3 is 2.05 bits per heavy atom. The van der Waals surface area contributed by atoms with Gasteiger partial charge in [-0.15, -0.1) is 11.8 Å². The van der Waals surface area contributed by atoms with Crippen LogP contribution < -0.4 is 14.8 Å². The lowest BCUT2D eigenvalue weighted by Crippen LogP contribution is -2.68. The van der Waals surface area contributed by atoms with E-state index in [-0.39, 0.29) is 11.0 Å². The zero-order valence-corrected chi connectivity index (χ0v) is 26.1. The van der Waals surface area contributed by atoms with E-state index < -0.39 is 13.9 Å². The van der Waals surface area contributed by atoms with Crippen LogP contribution in [0.3, 0.4) is 0 Å². The largest absolute Gasteiger partial charge is 0.534 e. The van der Waals surface area contributed by atoms with E-state index in [0.717, 1.165) is 40.5 Å². The van der Waals surface area contributed by atoms with Crippen molar-refractivity contribution in [3.05, 3.63) is 120 Å². The van der Waals surface area contributed by atoms with Gasteiger partial charge < -0.3 is 14.4 Å². The maximum absolute atomic E-state index is 12.8. The lowest BCUT2D eigenvalue weighted by atomic mass is 9.74. The Hall–Kier alpha value is -2.83. The third-order valence-corrected chi connectivity index (χ3v) is 14.2. The summed E-state index contributed by atoms with van der Waals surface area (Å²) >= 11 is 1.85. The van der Waals surface area contributed by atoms with Crippen molar-refractivity contribution in [1.29, 1.82) is 0 Å². The molecule has 0 bridgehead atoms. The molecule has 3 nitrogen and oxygen atoms in total. The van der Waals surface area contributed by atoms with Crippen molar-refractivity contribution in [3.63, 3.8) is 0 Å². The predicted octanol–water partition coefficient (Wildman–Crippen LogP) is 6.53. The molecule has 1 N–H and O–H groups in total. The van der Waals surface area contributed by atoms with E-state index in [4.69, 9.17) is 4.43 Å². The molecule has 0 fully saturated rings. The molecule has 0 aromatic heterocycles. The van der Waals surface area contributed by atoms with Crippen molar-refractivity contribution in [2.45, 2.75) is 42.7 Å². The Kier molecular flexibility index (Phi) is 8.30. The van der Waals surface area contributed by atoms with Gasteiger partial charge in [0.2, 0.25) is 0 Å². The first-order valence-electron chi connectivity index (χ1n) is 14.2. The highest BCUT2D eigenvalue weighted by molar-refractivity contribution is 7.99. The lowest BCUT2D eigenvalue weighted by Gasteiger charge is -2.43. The molecule has 2 atom stereocenters. The smallest absolute Gasteiger partial charge is 0.319 e. The van der Waals surface area contributed by atoms with Gasteiger partial charge in [0, 0.05) is 22.9 Å². The van der Waals surface area contributed by atoms with Gasteiger partial charge in [-0.2, -0.15) is 0 Å². The van der Waals surface area contributed by atoms with Gasteiger partial charge in [-0.1, -0.05) is 112 Å². The molecule has 0 radical (unpaired) electrons. The van der Waals surface area contributed by atoms with E-state index in [1.165, 1.54) is 10.4 Å². The van der Waals surface area contributed by atoms with Crippen LogP contribution in [0.2, 0.25) is 5.04 Å². The molecule has 1 aliphatic rings. The summed E-state index contributed by atoms with van der Waals surface area (Å²) in [4.78, 5) is 3.35. The van der Waals surface area contributed by atoms with Gasteiger partial charge in [0.1, 0.15) is 11.4 Å². The Morgan fingerprint density at radius 1 is 0.850 bits per heavy atom. The third kappa shape index (κ3) is 5.28. The maximum Gasteiger partial charge on any atom is 0.319 e.